The molecule has 3 heterocycles. The van der Waals surface area contributed by atoms with Gasteiger partial charge in [-0.25, -0.2) is 9.97 Å². The highest BCUT2D eigenvalue weighted by molar-refractivity contribution is 5.89. The van der Waals surface area contributed by atoms with Crippen molar-refractivity contribution in [2.45, 2.75) is 26.8 Å². The van der Waals surface area contributed by atoms with Crippen molar-refractivity contribution in [3.8, 4) is 0 Å². The summed E-state index contributed by atoms with van der Waals surface area (Å²) in [5, 5.41) is 3.38. The first-order chi connectivity index (χ1) is 12.0. The Balaban J connectivity index is 1.99. The first-order valence-electron chi connectivity index (χ1n) is 8.22. The van der Waals surface area contributed by atoms with Gasteiger partial charge in [-0.3, -0.25) is 9.78 Å². The fraction of sp³-hybridized carbons (Fsp3) is 0.333. The average molecular weight is 338 g/mol. The quantitative estimate of drug-likeness (QED) is 0.774. The maximum atomic E-state index is 12.0. The van der Waals surface area contributed by atoms with E-state index in [-0.39, 0.29) is 12.5 Å². The van der Waals surface area contributed by atoms with Gasteiger partial charge in [0.2, 0.25) is 5.91 Å². The molecule has 25 heavy (non-hydrogen) atoms. The van der Waals surface area contributed by atoms with E-state index in [1.165, 1.54) is 0 Å². The molecule has 3 aromatic rings. The Morgan fingerprint density at radius 2 is 1.96 bits per heavy atom. The number of carbonyl (C=O) groups excluding carboxylic acids is 1. The van der Waals surface area contributed by atoms with E-state index in [4.69, 9.17) is 0 Å². The number of carbonyl (C=O) groups is 1. The van der Waals surface area contributed by atoms with E-state index in [9.17, 15) is 4.79 Å². The van der Waals surface area contributed by atoms with Crippen LogP contribution in [0.3, 0.4) is 0 Å². The van der Waals surface area contributed by atoms with Crippen LogP contribution in [0.4, 0.5) is 11.5 Å². The van der Waals surface area contributed by atoms with Gasteiger partial charge < -0.3 is 14.8 Å². The lowest BCUT2D eigenvalue weighted by atomic mass is 10.1. The second-order valence-corrected chi connectivity index (χ2v) is 6.12. The summed E-state index contributed by atoms with van der Waals surface area (Å²) in [6.07, 6.45) is 6.04. The number of imidazole rings is 1. The van der Waals surface area contributed by atoms with Crippen LogP contribution in [0.15, 0.2) is 30.9 Å². The van der Waals surface area contributed by atoms with Crippen molar-refractivity contribution in [1.29, 1.82) is 0 Å². The molecule has 0 saturated heterocycles. The van der Waals surface area contributed by atoms with Crippen molar-refractivity contribution in [3.63, 3.8) is 0 Å². The van der Waals surface area contributed by atoms with Gasteiger partial charge in [0.1, 0.15) is 12.1 Å². The van der Waals surface area contributed by atoms with Crippen molar-refractivity contribution in [2.24, 2.45) is 0 Å². The topological polar surface area (TPSA) is 75.9 Å². The zero-order valence-corrected chi connectivity index (χ0v) is 14.9. The molecular weight excluding hydrogens is 316 g/mol. The van der Waals surface area contributed by atoms with Gasteiger partial charge in [0.25, 0.3) is 0 Å². The Hall–Kier alpha value is -2.96. The van der Waals surface area contributed by atoms with E-state index in [1.54, 1.807) is 31.5 Å². The average Bonchev–Trinajstić information content (AvgIpc) is 3.00. The summed E-state index contributed by atoms with van der Waals surface area (Å²) in [7, 11) is 3.49. The van der Waals surface area contributed by atoms with Crippen LogP contribution in [0.1, 0.15) is 18.2 Å². The minimum absolute atomic E-state index is 0.0157. The van der Waals surface area contributed by atoms with Crippen LogP contribution in [0.5, 0.6) is 0 Å². The number of likely N-dealkylation sites (N-methyl/N-ethyl adjacent to an activating group) is 1. The summed E-state index contributed by atoms with van der Waals surface area (Å²) in [6.45, 7) is 4.36. The number of amides is 1. The summed E-state index contributed by atoms with van der Waals surface area (Å²) in [6, 6.07) is 3.84. The molecule has 0 saturated carbocycles. The number of rotatable bonds is 5. The van der Waals surface area contributed by atoms with Crippen LogP contribution in [0.2, 0.25) is 0 Å². The Morgan fingerprint density at radius 1 is 1.20 bits per heavy atom. The minimum atomic E-state index is 0.0157. The number of nitrogens with one attached hydrogen (secondary N) is 1. The van der Waals surface area contributed by atoms with Crippen molar-refractivity contribution in [1.82, 2.24) is 24.4 Å². The molecule has 7 nitrogen and oxygen atoms in total. The molecule has 0 atom stereocenters. The second-order valence-electron chi connectivity index (χ2n) is 6.12. The summed E-state index contributed by atoms with van der Waals surface area (Å²) in [4.78, 5) is 26.9. The van der Waals surface area contributed by atoms with E-state index < -0.39 is 0 Å². The third-order valence-corrected chi connectivity index (χ3v) is 4.16. The van der Waals surface area contributed by atoms with Gasteiger partial charge in [0.15, 0.2) is 5.82 Å². The molecule has 0 fully saturated rings. The lowest BCUT2D eigenvalue weighted by Gasteiger charge is -2.13. The fourth-order valence-electron chi connectivity index (χ4n) is 2.67. The molecule has 0 aliphatic carbocycles. The lowest BCUT2D eigenvalue weighted by molar-refractivity contribution is -0.129. The third kappa shape index (κ3) is 3.31. The zero-order valence-electron chi connectivity index (χ0n) is 14.9. The third-order valence-electron chi connectivity index (χ3n) is 4.16. The SMILES string of the molecule is CCc1nccc(C)c1Nc1nccc2c1ncn2CC(=O)N(C)C. The predicted molar refractivity (Wildman–Crippen MR) is 97.9 cm³/mol. The number of fused-ring (bicyclic) bond motifs is 1. The van der Waals surface area contributed by atoms with Gasteiger partial charge in [-0.15, -0.1) is 0 Å². The Bertz CT molecular complexity index is 915. The predicted octanol–water partition coefficient (Wildman–Crippen LogP) is 2.53. The number of anilines is 2. The maximum Gasteiger partial charge on any atom is 0.242 e. The maximum absolute atomic E-state index is 12.0. The van der Waals surface area contributed by atoms with E-state index >= 15 is 0 Å². The normalized spacial score (nSPS) is 10.9. The van der Waals surface area contributed by atoms with Crippen molar-refractivity contribution >= 4 is 28.4 Å². The summed E-state index contributed by atoms with van der Waals surface area (Å²) < 4.78 is 1.83. The minimum Gasteiger partial charge on any atom is -0.347 e. The van der Waals surface area contributed by atoms with Gasteiger partial charge in [-0.2, -0.15) is 0 Å². The zero-order chi connectivity index (χ0) is 18.0. The van der Waals surface area contributed by atoms with Gasteiger partial charge in [-0.1, -0.05) is 6.92 Å². The molecule has 0 aromatic carbocycles. The molecule has 0 aliphatic rings. The molecule has 7 heteroatoms. The molecule has 1 N–H and O–H groups in total. The number of hydrogen-bond donors (Lipinski definition) is 1. The van der Waals surface area contributed by atoms with Crippen LogP contribution in [0, 0.1) is 6.92 Å². The van der Waals surface area contributed by atoms with Crippen LogP contribution >= 0.6 is 0 Å². The molecule has 0 radical (unpaired) electrons. The van der Waals surface area contributed by atoms with Gasteiger partial charge >= 0.3 is 0 Å². The molecule has 0 bridgehead atoms. The number of hydrogen-bond acceptors (Lipinski definition) is 5. The standard InChI is InChI=1S/C18H22N6O/c1-5-13-16(12(2)6-8-19-13)22-18-17-14(7-9-20-18)24(11-21-17)10-15(25)23(3)4/h6-9,11H,5,10H2,1-4H3,(H,20,22). The monoisotopic (exact) mass is 338 g/mol. The number of nitrogens with zero attached hydrogens (tertiary/aromatic N) is 5. The molecule has 0 unspecified atom stereocenters. The van der Waals surface area contributed by atoms with Gasteiger partial charge in [-0.05, 0) is 31.0 Å². The molecule has 3 aromatic heterocycles. The van der Waals surface area contributed by atoms with E-state index in [1.807, 2.05) is 29.8 Å². The smallest absolute Gasteiger partial charge is 0.242 e. The van der Waals surface area contributed by atoms with Crippen LogP contribution in [-0.2, 0) is 17.8 Å². The largest absolute Gasteiger partial charge is 0.347 e. The lowest BCUT2D eigenvalue weighted by Crippen LogP contribution is -2.25. The highest BCUT2D eigenvalue weighted by Crippen LogP contribution is 2.27. The summed E-state index contributed by atoms with van der Waals surface area (Å²) >= 11 is 0. The molecule has 0 aliphatic heterocycles. The molecular formula is C18H22N6O. The molecule has 1 amide bonds. The van der Waals surface area contributed by atoms with E-state index in [2.05, 4.69) is 27.2 Å². The number of aromatic nitrogens is 4. The highest BCUT2D eigenvalue weighted by Gasteiger charge is 2.14. The van der Waals surface area contributed by atoms with Crippen molar-refractivity contribution < 1.29 is 4.79 Å². The number of pyridine rings is 2. The molecule has 130 valence electrons. The van der Waals surface area contributed by atoms with Gasteiger partial charge in [0, 0.05) is 26.5 Å². The van der Waals surface area contributed by atoms with E-state index in [0.29, 0.717) is 5.82 Å². The molecule has 0 spiro atoms. The van der Waals surface area contributed by atoms with Crippen LogP contribution in [0.25, 0.3) is 11.0 Å². The number of aryl methyl sites for hydroxylation is 2. The van der Waals surface area contributed by atoms with Crippen LogP contribution in [-0.4, -0.2) is 44.4 Å². The van der Waals surface area contributed by atoms with Crippen LogP contribution < -0.4 is 5.32 Å². The van der Waals surface area contributed by atoms with Gasteiger partial charge in [0.05, 0.1) is 23.2 Å². The summed E-state index contributed by atoms with van der Waals surface area (Å²) in [5.74, 6) is 0.682. The van der Waals surface area contributed by atoms with Crippen molar-refractivity contribution in [2.75, 3.05) is 19.4 Å². The highest BCUT2D eigenvalue weighted by atomic mass is 16.2. The van der Waals surface area contributed by atoms with Crippen molar-refractivity contribution in [3.05, 3.63) is 42.1 Å². The Morgan fingerprint density at radius 3 is 2.68 bits per heavy atom. The Labute approximate surface area is 146 Å². The fourth-order valence-corrected chi connectivity index (χ4v) is 2.67. The summed E-state index contributed by atoms with van der Waals surface area (Å²) in [5.41, 5.74) is 4.66. The Kier molecular flexibility index (Phi) is 4.65. The van der Waals surface area contributed by atoms with E-state index in [0.717, 1.165) is 34.4 Å². The second kappa shape index (κ2) is 6.88. The molecule has 3 rings (SSSR count). The first-order valence-corrected chi connectivity index (χ1v) is 8.22. The first kappa shape index (κ1) is 16.9.